The molecule has 3 aromatic carbocycles. The van der Waals surface area contributed by atoms with Crippen molar-refractivity contribution in [3.63, 3.8) is 0 Å². The van der Waals surface area contributed by atoms with Gasteiger partial charge in [-0.15, -0.1) is 0 Å². The van der Waals surface area contributed by atoms with Crippen molar-refractivity contribution in [2.75, 3.05) is 33.5 Å². The summed E-state index contributed by atoms with van der Waals surface area (Å²) in [6.45, 7) is 5.31. The molecule has 4 rings (SSSR count). The Labute approximate surface area is 228 Å². The van der Waals surface area contributed by atoms with Gasteiger partial charge in [-0.05, 0) is 49.2 Å². The minimum atomic E-state index is -0.815. The maximum absolute atomic E-state index is 13.3. The van der Waals surface area contributed by atoms with Crippen LogP contribution in [0.2, 0.25) is 0 Å². The zero-order valence-electron chi connectivity index (χ0n) is 22.4. The summed E-state index contributed by atoms with van der Waals surface area (Å²) in [5, 5.41) is 11.5. The zero-order valence-corrected chi connectivity index (χ0v) is 22.4. The molecule has 1 heterocycles. The lowest BCUT2D eigenvalue weighted by Gasteiger charge is -2.25. The second kappa shape index (κ2) is 13.0. The van der Waals surface area contributed by atoms with Gasteiger partial charge in [0.05, 0.1) is 37.0 Å². The monoisotopic (exact) mass is 531 g/mol. The van der Waals surface area contributed by atoms with Gasteiger partial charge in [0, 0.05) is 19.7 Å². The average Bonchev–Trinajstić information content (AvgIpc) is 3.21. The lowest BCUT2D eigenvalue weighted by molar-refractivity contribution is -0.140. The number of ketones is 1. The Morgan fingerprint density at radius 1 is 0.872 bits per heavy atom. The summed E-state index contributed by atoms with van der Waals surface area (Å²) in [5.74, 6) is -0.217. The summed E-state index contributed by atoms with van der Waals surface area (Å²) in [7, 11) is 1.53. The molecular formula is C31H33NO7. The second-order valence-electron chi connectivity index (χ2n) is 8.85. The topological polar surface area (TPSA) is 94.5 Å². The van der Waals surface area contributed by atoms with Crippen LogP contribution in [0, 0.1) is 0 Å². The highest BCUT2D eigenvalue weighted by Gasteiger charge is 2.46. The zero-order chi connectivity index (χ0) is 27.8. The molecule has 39 heavy (non-hydrogen) atoms. The van der Waals surface area contributed by atoms with E-state index in [1.165, 1.54) is 12.0 Å². The first-order valence-electron chi connectivity index (χ1n) is 12.9. The molecule has 1 aliphatic rings. The lowest BCUT2D eigenvalue weighted by Crippen LogP contribution is -2.32. The predicted octanol–water partition coefficient (Wildman–Crippen LogP) is 5.13. The SMILES string of the molecule is CCOc1ccc(/C(O)=C2/C(=O)C(=O)N(CCOC)C2c2ccc(OCc3ccccc3)cc2)c(OCC)c1. The number of carbonyl (C=O) groups excluding carboxylic acids is 2. The largest absolute Gasteiger partial charge is 0.507 e. The van der Waals surface area contributed by atoms with Crippen molar-refractivity contribution < 1.29 is 33.6 Å². The van der Waals surface area contributed by atoms with E-state index in [4.69, 9.17) is 18.9 Å². The summed E-state index contributed by atoms with van der Waals surface area (Å²) >= 11 is 0. The number of Topliss-reactive ketones (excluding diaryl/α,β-unsaturated/α-hetero) is 1. The Morgan fingerprint density at radius 2 is 1.56 bits per heavy atom. The number of hydrogen-bond acceptors (Lipinski definition) is 7. The first kappa shape index (κ1) is 27.7. The minimum absolute atomic E-state index is 0.0147. The van der Waals surface area contributed by atoms with Crippen molar-refractivity contribution in [1.29, 1.82) is 0 Å². The first-order valence-corrected chi connectivity index (χ1v) is 12.9. The van der Waals surface area contributed by atoms with E-state index in [9.17, 15) is 14.7 Å². The van der Waals surface area contributed by atoms with Crippen molar-refractivity contribution in [3.8, 4) is 17.2 Å². The van der Waals surface area contributed by atoms with Gasteiger partial charge in [-0.1, -0.05) is 42.5 Å². The molecule has 1 N–H and O–H groups in total. The van der Waals surface area contributed by atoms with Gasteiger partial charge in [0.1, 0.15) is 29.6 Å². The molecule has 0 saturated carbocycles. The molecule has 8 heteroatoms. The smallest absolute Gasteiger partial charge is 0.295 e. The lowest BCUT2D eigenvalue weighted by atomic mass is 9.95. The maximum Gasteiger partial charge on any atom is 0.295 e. The molecule has 0 bridgehead atoms. The third-order valence-corrected chi connectivity index (χ3v) is 6.34. The number of aliphatic hydroxyl groups excluding tert-OH is 1. The van der Waals surface area contributed by atoms with Crippen molar-refractivity contribution in [3.05, 3.63) is 95.1 Å². The van der Waals surface area contributed by atoms with Gasteiger partial charge < -0.3 is 29.0 Å². The highest BCUT2D eigenvalue weighted by Crippen LogP contribution is 2.41. The van der Waals surface area contributed by atoms with Gasteiger partial charge in [0.15, 0.2) is 0 Å². The summed E-state index contributed by atoms with van der Waals surface area (Å²) in [6.07, 6.45) is 0. The molecular weight excluding hydrogens is 498 g/mol. The van der Waals surface area contributed by atoms with Crippen LogP contribution in [0.1, 0.15) is 36.6 Å². The van der Waals surface area contributed by atoms with Crippen molar-refractivity contribution in [1.82, 2.24) is 4.90 Å². The molecule has 0 radical (unpaired) electrons. The van der Waals surface area contributed by atoms with Gasteiger partial charge in [-0.3, -0.25) is 9.59 Å². The quantitative estimate of drug-likeness (QED) is 0.197. The number of ether oxygens (including phenoxy) is 4. The number of likely N-dealkylation sites (tertiary alicyclic amines) is 1. The molecule has 3 aromatic rings. The molecule has 0 aliphatic carbocycles. The van der Waals surface area contributed by atoms with E-state index in [1.807, 2.05) is 44.2 Å². The average molecular weight is 532 g/mol. The number of aliphatic hydroxyl groups is 1. The van der Waals surface area contributed by atoms with Crippen molar-refractivity contribution >= 4 is 17.4 Å². The molecule has 1 unspecified atom stereocenters. The van der Waals surface area contributed by atoms with Gasteiger partial charge in [-0.2, -0.15) is 0 Å². The number of methoxy groups -OCH3 is 1. The van der Waals surface area contributed by atoms with Crippen LogP contribution in [0.25, 0.3) is 5.76 Å². The fourth-order valence-corrected chi connectivity index (χ4v) is 4.51. The van der Waals surface area contributed by atoms with Gasteiger partial charge in [0.2, 0.25) is 0 Å². The van der Waals surface area contributed by atoms with Gasteiger partial charge >= 0.3 is 0 Å². The maximum atomic E-state index is 13.3. The van der Waals surface area contributed by atoms with Crippen LogP contribution >= 0.6 is 0 Å². The van der Waals surface area contributed by atoms with E-state index in [2.05, 4.69) is 0 Å². The molecule has 1 amide bonds. The predicted molar refractivity (Wildman–Crippen MR) is 147 cm³/mol. The highest BCUT2D eigenvalue weighted by atomic mass is 16.5. The number of rotatable bonds is 12. The minimum Gasteiger partial charge on any atom is -0.507 e. The summed E-state index contributed by atoms with van der Waals surface area (Å²) < 4.78 is 22.4. The normalized spacial score (nSPS) is 16.4. The van der Waals surface area contributed by atoms with Crippen LogP contribution in [0.3, 0.4) is 0 Å². The fourth-order valence-electron chi connectivity index (χ4n) is 4.51. The number of nitrogens with zero attached hydrogens (tertiary/aromatic N) is 1. The van der Waals surface area contributed by atoms with Gasteiger partial charge in [-0.25, -0.2) is 0 Å². The number of benzene rings is 3. The molecule has 1 saturated heterocycles. The molecule has 0 aromatic heterocycles. The van der Waals surface area contributed by atoms with Crippen LogP contribution in [-0.2, 0) is 20.9 Å². The standard InChI is InChI=1S/C31H33NO7/c1-4-37-24-15-16-25(26(19-24)38-5-2)29(33)27-28(32(17-18-36-3)31(35)30(27)34)22-11-13-23(14-12-22)39-20-21-9-7-6-8-10-21/h6-16,19,28,33H,4-5,17-18,20H2,1-3H3/b29-27-. The molecule has 8 nitrogen and oxygen atoms in total. The third kappa shape index (κ3) is 6.23. The Balaban J connectivity index is 1.72. The van der Waals surface area contributed by atoms with E-state index in [0.717, 1.165) is 5.56 Å². The highest BCUT2D eigenvalue weighted by molar-refractivity contribution is 6.46. The first-order chi connectivity index (χ1) is 19.0. The Bertz CT molecular complexity index is 1320. The Morgan fingerprint density at radius 3 is 2.23 bits per heavy atom. The van der Waals surface area contributed by atoms with E-state index in [0.29, 0.717) is 48.2 Å². The van der Waals surface area contributed by atoms with Crippen LogP contribution < -0.4 is 14.2 Å². The van der Waals surface area contributed by atoms with Crippen LogP contribution in [-0.4, -0.2) is 55.2 Å². The summed E-state index contributed by atoms with van der Waals surface area (Å²) in [4.78, 5) is 27.8. The summed E-state index contributed by atoms with van der Waals surface area (Å²) in [5.41, 5.74) is 1.98. The van der Waals surface area contributed by atoms with Crippen LogP contribution in [0.5, 0.6) is 17.2 Å². The Hall–Kier alpha value is -4.30. The fraction of sp³-hybridized carbons (Fsp3) is 0.290. The molecule has 0 spiro atoms. The van der Waals surface area contributed by atoms with E-state index in [-0.39, 0.29) is 24.5 Å². The van der Waals surface area contributed by atoms with E-state index in [1.54, 1.807) is 42.5 Å². The summed E-state index contributed by atoms with van der Waals surface area (Å²) in [6, 6.07) is 21.2. The van der Waals surface area contributed by atoms with Crippen LogP contribution in [0.15, 0.2) is 78.4 Å². The number of carbonyl (C=O) groups is 2. The molecule has 1 atom stereocenters. The van der Waals surface area contributed by atoms with Crippen molar-refractivity contribution in [2.45, 2.75) is 26.5 Å². The molecule has 1 fully saturated rings. The molecule has 1 aliphatic heterocycles. The van der Waals surface area contributed by atoms with E-state index >= 15 is 0 Å². The second-order valence-corrected chi connectivity index (χ2v) is 8.85. The van der Waals surface area contributed by atoms with Gasteiger partial charge in [0.25, 0.3) is 11.7 Å². The molecule has 204 valence electrons. The van der Waals surface area contributed by atoms with Crippen LogP contribution in [0.4, 0.5) is 0 Å². The number of hydrogen-bond donors (Lipinski definition) is 1. The Kier molecular flexibility index (Phi) is 9.22. The van der Waals surface area contributed by atoms with Crippen molar-refractivity contribution in [2.24, 2.45) is 0 Å². The number of amides is 1. The third-order valence-electron chi connectivity index (χ3n) is 6.34. The van der Waals surface area contributed by atoms with E-state index < -0.39 is 17.7 Å².